The minimum Gasteiger partial charge on any atom is -0.497 e. The summed E-state index contributed by atoms with van der Waals surface area (Å²) in [5.74, 6) is 1.25. The molecule has 9 nitrogen and oxygen atoms in total. The van der Waals surface area contributed by atoms with E-state index in [-0.39, 0.29) is 24.2 Å². The second-order valence-electron chi connectivity index (χ2n) is 10.0. The third-order valence-corrected chi connectivity index (χ3v) is 6.30. The molecule has 0 saturated heterocycles. The number of carbonyl (C=O) groups excluding carboxylic acids is 2. The first-order valence-electron chi connectivity index (χ1n) is 12.5. The van der Waals surface area contributed by atoms with Crippen molar-refractivity contribution in [3.05, 3.63) is 48.4 Å². The number of carbonyl (C=O) groups is 2. The molecule has 36 heavy (non-hydrogen) atoms. The quantitative estimate of drug-likeness (QED) is 0.275. The van der Waals surface area contributed by atoms with Gasteiger partial charge in [0, 0.05) is 24.9 Å². The molecule has 1 fully saturated rings. The van der Waals surface area contributed by atoms with Gasteiger partial charge in [0.1, 0.15) is 29.1 Å². The number of amides is 2. The van der Waals surface area contributed by atoms with Crippen molar-refractivity contribution in [2.75, 3.05) is 20.2 Å². The molecular formula is C27H38N4O5. The third kappa shape index (κ3) is 8.41. The molecule has 196 valence electrons. The SMILES string of the molecule is COc1cccc(OC2=CC(=O)N([C@@H](CC3CCCCC3)C(=O)NC(=N)/C=C\NCC(C)(C)O)C2)c1. The Morgan fingerprint density at radius 2 is 2.00 bits per heavy atom. The summed E-state index contributed by atoms with van der Waals surface area (Å²) in [4.78, 5) is 27.8. The molecule has 3 rings (SSSR count). The van der Waals surface area contributed by atoms with Crippen LogP contribution < -0.4 is 20.1 Å². The van der Waals surface area contributed by atoms with Crippen LogP contribution >= 0.6 is 0 Å². The van der Waals surface area contributed by atoms with Crippen LogP contribution in [0.15, 0.2) is 48.4 Å². The van der Waals surface area contributed by atoms with Crippen LogP contribution in [0.3, 0.4) is 0 Å². The molecule has 0 aromatic heterocycles. The van der Waals surface area contributed by atoms with Gasteiger partial charge in [-0.2, -0.15) is 0 Å². The van der Waals surface area contributed by atoms with E-state index >= 15 is 0 Å². The molecule has 2 aliphatic rings. The first-order valence-corrected chi connectivity index (χ1v) is 12.5. The molecule has 0 bridgehead atoms. The van der Waals surface area contributed by atoms with Gasteiger partial charge >= 0.3 is 0 Å². The highest BCUT2D eigenvalue weighted by atomic mass is 16.5. The second-order valence-corrected chi connectivity index (χ2v) is 10.0. The number of rotatable bonds is 11. The van der Waals surface area contributed by atoms with Gasteiger partial charge in [0.2, 0.25) is 5.91 Å². The van der Waals surface area contributed by atoms with Crippen LogP contribution in [0, 0.1) is 11.3 Å². The van der Waals surface area contributed by atoms with Crippen LogP contribution in [0.5, 0.6) is 11.5 Å². The number of amidine groups is 1. The predicted molar refractivity (Wildman–Crippen MR) is 138 cm³/mol. The van der Waals surface area contributed by atoms with E-state index in [0.29, 0.717) is 36.1 Å². The Hall–Kier alpha value is -3.33. The van der Waals surface area contributed by atoms with Crippen molar-refractivity contribution >= 4 is 17.6 Å². The molecule has 0 radical (unpaired) electrons. The third-order valence-electron chi connectivity index (χ3n) is 6.30. The summed E-state index contributed by atoms with van der Waals surface area (Å²) in [6.07, 6.45) is 10.4. The van der Waals surface area contributed by atoms with E-state index in [4.69, 9.17) is 14.9 Å². The van der Waals surface area contributed by atoms with Gasteiger partial charge in [-0.3, -0.25) is 15.0 Å². The molecule has 1 atom stereocenters. The number of methoxy groups -OCH3 is 1. The fourth-order valence-electron chi connectivity index (χ4n) is 4.48. The maximum absolute atomic E-state index is 13.3. The average Bonchev–Trinajstić information content (AvgIpc) is 3.19. The van der Waals surface area contributed by atoms with Crippen molar-refractivity contribution < 1.29 is 24.2 Å². The Bertz CT molecular complexity index is 992. The number of nitrogens with zero attached hydrogens (tertiary/aromatic N) is 1. The molecular weight excluding hydrogens is 460 g/mol. The van der Waals surface area contributed by atoms with Crippen molar-refractivity contribution in [3.63, 3.8) is 0 Å². The topological polar surface area (TPSA) is 124 Å². The second kappa shape index (κ2) is 12.6. The zero-order chi connectivity index (χ0) is 26.1. The lowest BCUT2D eigenvalue weighted by atomic mass is 9.84. The Balaban J connectivity index is 1.66. The normalized spacial score (nSPS) is 17.6. The van der Waals surface area contributed by atoms with Crippen molar-refractivity contribution in [2.45, 2.75) is 64.0 Å². The lowest BCUT2D eigenvalue weighted by Gasteiger charge is -2.31. The lowest BCUT2D eigenvalue weighted by molar-refractivity contribution is -0.135. The van der Waals surface area contributed by atoms with Crippen molar-refractivity contribution in [2.24, 2.45) is 5.92 Å². The number of nitrogens with one attached hydrogen (secondary N) is 3. The fraction of sp³-hybridized carbons (Fsp3) is 0.519. The van der Waals surface area contributed by atoms with Crippen molar-refractivity contribution in [3.8, 4) is 11.5 Å². The zero-order valence-electron chi connectivity index (χ0n) is 21.4. The van der Waals surface area contributed by atoms with E-state index in [1.54, 1.807) is 39.2 Å². The number of hydrogen-bond acceptors (Lipinski definition) is 7. The van der Waals surface area contributed by atoms with Crippen molar-refractivity contribution in [1.29, 1.82) is 5.41 Å². The Labute approximate surface area is 213 Å². The van der Waals surface area contributed by atoms with E-state index in [0.717, 1.165) is 25.7 Å². The molecule has 1 aromatic carbocycles. The fourth-order valence-corrected chi connectivity index (χ4v) is 4.48. The minimum absolute atomic E-state index is 0.0932. The summed E-state index contributed by atoms with van der Waals surface area (Å²) >= 11 is 0. The summed E-state index contributed by atoms with van der Waals surface area (Å²) in [5, 5.41) is 23.4. The molecule has 1 heterocycles. The molecule has 0 unspecified atom stereocenters. The van der Waals surface area contributed by atoms with Crippen LogP contribution in [0.25, 0.3) is 0 Å². The number of hydrogen-bond donors (Lipinski definition) is 4. The standard InChI is InChI=1S/C27H38N4O5/c1-27(2,34)18-29-13-12-24(28)30-26(33)23(14-19-8-5-4-6-9-19)31-17-22(16-25(31)32)36-21-11-7-10-20(15-21)35-3/h7,10-13,15-16,19,23,29,34H,4-6,8-9,14,17-18H2,1-3H3,(H2,28,30,33)/b13-12-/t23-/m0/s1. The first kappa shape index (κ1) is 27.3. The van der Waals surface area contributed by atoms with E-state index in [2.05, 4.69) is 10.6 Å². The van der Waals surface area contributed by atoms with Gasteiger partial charge in [-0.15, -0.1) is 0 Å². The van der Waals surface area contributed by atoms with Gasteiger partial charge in [-0.1, -0.05) is 38.2 Å². The Kier molecular flexibility index (Phi) is 9.52. The maximum Gasteiger partial charge on any atom is 0.251 e. The van der Waals surface area contributed by atoms with Gasteiger partial charge in [0.15, 0.2) is 0 Å². The maximum atomic E-state index is 13.3. The number of ether oxygens (including phenoxy) is 2. The van der Waals surface area contributed by atoms with Crippen LogP contribution in [0.2, 0.25) is 0 Å². The Morgan fingerprint density at radius 3 is 2.69 bits per heavy atom. The van der Waals surface area contributed by atoms with Gasteiger partial charge in [-0.25, -0.2) is 0 Å². The molecule has 4 N–H and O–H groups in total. The highest BCUT2D eigenvalue weighted by Gasteiger charge is 2.36. The molecule has 2 amide bonds. The zero-order valence-corrected chi connectivity index (χ0v) is 21.4. The molecule has 0 spiro atoms. The minimum atomic E-state index is -0.894. The van der Waals surface area contributed by atoms with Gasteiger partial charge in [0.25, 0.3) is 5.91 Å². The van der Waals surface area contributed by atoms with E-state index in [1.807, 2.05) is 6.07 Å². The van der Waals surface area contributed by atoms with Gasteiger partial charge in [0.05, 0.1) is 19.3 Å². The highest BCUT2D eigenvalue weighted by Crippen LogP contribution is 2.30. The largest absolute Gasteiger partial charge is 0.497 e. The molecule has 9 heteroatoms. The molecule has 1 aliphatic heterocycles. The van der Waals surface area contributed by atoms with E-state index in [1.165, 1.54) is 29.7 Å². The summed E-state index contributed by atoms with van der Waals surface area (Å²) in [7, 11) is 1.57. The van der Waals surface area contributed by atoms with Crippen LogP contribution in [-0.4, -0.2) is 59.5 Å². The van der Waals surface area contributed by atoms with Crippen LogP contribution in [0.1, 0.15) is 52.4 Å². The van der Waals surface area contributed by atoms with Crippen LogP contribution in [0.4, 0.5) is 0 Å². The molecule has 1 aromatic rings. The summed E-state index contributed by atoms with van der Waals surface area (Å²) in [6.45, 7) is 3.82. The molecule has 1 aliphatic carbocycles. The van der Waals surface area contributed by atoms with Crippen molar-refractivity contribution in [1.82, 2.24) is 15.5 Å². The molecule has 1 saturated carbocycles. The summed E-state index contributed by atoms with van der Waals surface area (Å²) < 4.78 is 11.1. The monoisotopic (exact) mass is 498 g/mol. The smallest absolute Gasteiger partial charge is 0.251 e. The Morgan fingerprint density at radius 1 is 1.28 bits per heavy atom. The van der Waals surface area contributed by atoms with E-state index < -0.39 is 11.6 Å². The van der Waals surface area contributed by atoms with Gasteiger partial charge < -0.3 is 30.1 Å². The highest BCUT2D eigenvalue weighted by molar-refractivity contribution is 6.05. The lowest BCUT2D eigenvalue weighted by Crippen LogP contribution is -2.50. The summed E-state index contributed by atoms with van der Waals surface area (Å²) in [6, 6.07) is 6.42. The predicted octanol–water partition coefficient (Wildman–Crippen LogP) is 3.11. The number of benzene rings is 1. The first-order chi connectivity index (χ1) is 17.1. The van der Waals surface area contributed by atoms with Gasteiger partial charge in [-0.05, 0) is 44.4 Å². The average molecular weight is 499 g/mol. The van der Waals surface area contributed by atoms with Crippen LogP contribution in [-0.2, 0) is 9.59 Å². The van der Waals surface area contributed by atoms with E-state index in [9.17, 15) is 14.7 Å². The number of aliphatic hydroxyl groups is 1. The summed E-state index contributed by atoms with van der Waals surface area (Å²) in [5.41, 5.74) is -0.894.